The Bertz CT molecular complexity index is 639. The highest BCUT2D eigenvalue weighted by molar-refractivity contribution is 8.12. The summed E-state index contributed by atoms with van der Waals surface area (Å²) >= 11 is 0. The number of para-hydroxylation sites is 2. The first kappa shape index (κ1) is 9.29. The molecule has 0 atom stereocenters. The molecule has 1 aromatic carbocycles. The fourth-order valence-corrected chi connectivity index (χ4v) is 2.14. The standard InChI is InChI=1S/C7H4ClNO4S/c8-14(11,12)9-5-3-1-2-4-6(5)13-7(9)10/h1-4H. The molecule has 0 saturated heterocycles. The number of nitrogens with zero attached hydrogens (tertiary/aromatic N) is 1. The molecule has 0 amide bonds. The third-order valence-electron chi connectivity index (χ3n) is 1.67. The van der Waals surface area contributed by atoms with E-state index in [-0.39, 0.29) is 11.1 Å². The van der Waals surface area contributed by atoms with Crippen LogP contribution in [-0.2, 0) is 9.24 Å². The number of rotatable bonds is 1. The van der Waals surface area contributed by atoms with E-state index in [4.69, 9.17) is 10.7 Å². The molecule has 0 aliphatic rings. The van der Waals surface area contributed by atoms with E-state index in [2.05, 4.69) is 4.42 Å². The molecule has 2 rings (SSSR count). The highest BCUT2D eigenvalue weighted by Gasteiger charge is 2.18. The minimum absolute atomic E-state index is 0.132. The Morgan fingerprint density at radius 1 is 1.29 bits per heavy atom. The monoisotopic (exact) mass is 233 g/mol. The summed E-state index contributed by atoms with van der Waals surface area (Å²) in [4.78, 5) is 11.1. The highest BCUT2D eigenvalue weighted by Crippen LogP contribution is 2.15. The number of oxazole rings is 1. The Hall–Kier alpha value is -1.27. The lowest BCUT2D eigenvalue weighted by molar-refractivity contribution is 0.538. The minimum Gasteiger partial charge on any atom is -0.407 e. The number of hydrogen-bond donors (Lipinski definition) is 0. The van der Waals surface area contributed by atoms with Crippen molar-refractivity contribution in [2.24, 2.45) is 0 Å². The molecule has 0 fully saturated rings. The predicted octanol–water partition coefficient (Wildman–Crippen LogP) is 0.926. The van der Waals surface area contributed by atoms with Gasteiger partial charge in [0.15, 0.2) is 5.58 Å². The lowest BCUT2D eigenvalue weighted by Crippen LogP contribution is -2.18. The van der Waals surface area contributed by atoms with Gasteiger partial charge in [0.2, 0.25) is 0 Å². The van der Waals surface area contributed by atoms with Crippen molar-refractivity contribution in [1.29, 1.82) is 0 Å². The Morgan fingerprint density at radius 2 is 1.93 bits per heavy atom. The lowest BCUT2D eigenvalue weighted by Gasteiger charge is -1.93. The molecule has 2 aromatic rings. The summed E-state index contributed by atoms with van der Waals surface area (Å²) in [7, 11) is 0.925. The first-order valence-electron chi connectivity index (χ1n) is 3.56. The van der Waals surface area contributed by atoms with Gasteiger partial charge in [-0.1, -0.05) is 12.1 Å². The molecule has 14 heavy (non-hydrogen) atoms. The summed E-state index contributed by atoms with van der Waals surface area (Å²) in [6, 6.07) is 6.11. The zero-order chi connectivity index (χ0) is 10.3. The second-order valence-electron chi connectivity index (χ2n) is 2.54. The Morgan fingerprint density at radius 3 is 2.57 bits per heavy atom. The van der Waals surface area contributed by atoms with Crippen LogP contribution in [0.3, 0.4) is 0 Å². The number of hydrogen-bond acceptors (Lipinski definition) is 4. The maximum absolute atomic E-state index is 11.1. The molecule has 1 heterocycles. The van der Waals surface area contributed by atoms with E-state index in [1.807, 2.05) is 0 Å². The second kappa shape index (κ2) is 2.86. The van der Waals surface area contributed by atoms with Crippen LogP contribution in [0.25, 0.3) is 11.1 Å². The quantitative estimate of drug-likeness (QED) is 0.687. The van der Waals surface area contributed by atoms with Gasteiger partial charge in [0.1, 0.15) is 5.52 Å². The topological polar surface area (TPSA) is 69.3 Å². The molecular formula is C7H4ClNO4S. The van der Waals surface area contributed by atoms with Gasteiger partial charge in [-0.25, -0.2) is 4.79 Å². The minimum atomic E-state index is -4.13. The third kappa shape index (κ3) is 1.32. The molecule has 74 valence electrons. The van der Waals surface area contributed by atoms with Crippen LogP contribution in [0.5, 0.6) is 0 Å². The van der Waals surface area contributed by atoms with Crippen molar-refractivity contribution in [3.8, 4) is 0 Å². The molecule has 1 aromatic heterocycles. The Kier molecular flexibility index (Phi) is 1.90. The SMILES string of the molecule is O=c1oc2ccccc2n1S(=O)(=O)Cl. The van der Waals surface area contributed by atoms with E-state index in [9.17, 15) is 13.2 Å². The summed E-state index contributed by atoms with van der Waals surface area (Å²) < 4.78 is 27.1. The maximum Gasteiger partial charge on any atom is 0.434 e. The number of fused-ring (bicyclic) bond motifs is 1. The van der Waals surface area contributed by atoms with Crippen molar-refractivity contribution < 1.29 is 12.8 Å². The lowest BCUT2D eigenvalue weighted by atomic mass is 10.3. The fourth-order valence-electron chi connectivity index (χ4n) is 1.15. The van der Waals surface area contributed by atoms with Crippen molar-refractivity contribution in [2.45, 2.75) is 0 Å². The van der Waals surface area contributed by atoms with Gasteiger partial charge in [-0.3, -0.25) is 0 Å². The molecule has 0 N–H and O–H groups in total. The van der Waals surface area contributed by atoms with Crippen LogP contribution in [0.1, 0.15) is 0 Å². The summed E-state index contributed by atoms with van der Waals surface area (Å²) in [6.45, 7) is 0. The Labute approximate surface area is 83.1 Å². The van der Waals surface area contributed by atoms with Crippen LogP contribution >= 0.6 is 10.7 Å². The van der Waals surface area contributed by atoms with Crippen molar-refractivity contribution in [3.63, 3.8) is 0 Å². The van der Waals surface area contributed by atoms with Gasteiger partial charge >= 0.3 is 15.0 Å². The van der Waals surface area contributed by atoms with Gasteiger partial charge in [-0.15, -0.1) is 0 Å². The van der Waals surface area contributed by atoms with Crippen LogP contribution in [0.2, 0.25) is 0 Å². The van der Waals surface area contributed by atoms with Crippen LogP contribution in [0.4, 0.5) is 0 Å². The normalized spacial score (nSPS) is 12.1. The highest BCUT2D eigenvalue weighted by atomic mass is 35.7. The molecule has 0 spiro atoms. The van der Waals surface area contributed by atoms with Gasteiger partial charge < -0.3 is 4.42 Å². The predicted molar refractivity (Wildman–Crippen MR) is 50.6 cm³/mol. The van der Waals surface area contributed by atoms with Crippen LogP contribution in [0, 0.1) is 0 Å². The number of benzene rings is 1. The average molecular weight is 234 g/mol. The van der Waals surface area contributed by atoms with Gasteiger partial charge in [-0.05, 0) is 12.1 Å². The summed E-state index contributed by atoms with van der Waals surface area (Å²) in [5, 5.41) is 0. The third-order valence-corrected chi connectivity index (χ3v) is 2.86. The fraction of sp³-hybridized carbons (Fsp3) is 0. The first-order valence-corrected chi connectivity index (χ1v) is 5.82. The zero-order valence-corrected chi connectivity index (χ0v) is 8.25. The zero-order valence-electron chi connectivity index (χ0n) is 6.68. The van der Waals surface area contributed by atoms with Gasteiger partial charge in [0.05, 0.1) is 0 Å². The maximum atomic E-state index is 11.1. The van der Waals surface area contributed by atoms with Crippen molar-refractivity contribution in [1.82, 2.24) is 3.97 Å². The summed E-state index contributed by atoms with van der Waals surface area (Å²) in [5.74, 6) is -1.01. The molecule has 0 aliphatic carbocycles. The summed E-state index contributed by atoms with van der Waals surface area (Å²) in [6.07, 6.45) is 0. The van der Waals surface area contributed by atoms with E-state index in [0.29, 0.717) is 3.97 Å². The van der Waals surface area contributed by atoms with Gasteiger partial charge in [-0.2, -0.15) is 12.4 Å². The van der Waals surface area contributed by atoms with Crippen molar-refractivity contribution >= 4 is 31.0 Å². The van der Waals surface area contributed by atoms with Crippen LogP contribution < -0.4 is 5.76 Å². The molecule has 0 aliphatic heterocycles. The van der Waals surface area contributed by atoms with Crippen LogP contribution in [-0.4, -0.2) is 12.4 Å². The first-order chi connectivity index (χ1) is 6.50. The molecule has 7 heteroatoms. The molecule has 0 bridgehead atoms. The summed E-state index contributed by atoms with van der Waals surface area (Å²) in [5.41, 5.74) is 0.314. The molecule has 0 radical (unpaired) electrons. The smallest absolute Gasteiger partial charge is 0.407 e. The van der Waals surface area contributed by atoms with Crippen molar-refractivity contribution in [2.75, 3.05) is 0 Å². The van der Waals surface area contributed by atoms with E-state index in [1.165, 1.54) is 12.1 Å². The van der Waals surface area contributed by atoms with E-state index in [1.54, 1.807) is 12.1 Å². The van der Waals surface area contributed by atoms with Crippen molar-refractivity contribution in [3.05, 3.63) is 34.8 Å². The molecule has 0 saturated carbocycles. The second-order valence-corrected chi connectivity index (χ2v) is 4.90. The molecular weight excluding hydrogens is 230 g/mol. The molecule has 5 nitrogen and oxygen atoms in total. The Balaban J connectivity index is 3.03. The number of halogens is 1. The van der Waals surface area contributed by atoms with Crippen LogP contribution in [0.15, 0.2) is 33.5 Å². The van der Waals surface area contributed by atoms with E-state index >= 15 is 0 Å². The van der Waals surface area contributed by atoms with E-state index < -0.39 is 15.0 Å². The number of aromatic nitrogens is 1. The van der Waals surface area contributed by atoms with E-state index in [0.717, 1.165) is 0 Å². The largest absolute Gasteiger partial charge is 0.434 e. The molecule has 0 unspecified atom stereocenters. The van der Waals surface area contributed by atoms with Gasteiger partial charge in [0, 0.05) is 10.7 Å². The van der Waals surface area contributed by atoms with Gasteiger partial charge in [0.25, 0.3) is 0 Å². The average Bonchev–Trinajstić information content (AvgIpc) is 2.38.